The van der Waals surface area contributed by atoms with Crippen LogP contribution in [0.3, 0.4) is 0 Å². The molecule has 0 unspecified atom stereocenters. The Hall–Kier alpha value is -1.18. The van der Waals surface area contributed by atoms with Gasteiger partial charge >= 0.3 is 5.97 Å². The number of nitrogens with zero attached hydrogens (tertiary/aromatic N) is 2. The maximum atomic E-state index is 12.4. The number of hydrogen-bond donors (Lipinski definition) is 0. The number of thioether (sulfide) groups is 1. The zero-order valence-electron chi connectivity index (χ0n) is 14.7. The zero-order valence-corrected chi connectivity index (χ0v) is 16.4. The van der Waals surface area contributed by atoms with E-state index in [0.29, 0.717) is 26.2 Å². The van der Waals surface area contributed by atoms with Crippen molar-refractivity contribution in [2.75, 3.05) is 19.8 Å². The highest BCUT2D eigenvalue weighted by molar-refractivity contribution is 8.00. The van der Waals surface area contributed by atoms with Gasteiger partial charge < -0.3 is 9.47 Å². The molecule has 0 radical (unpaired) electrons. The topological polar surface area (TPSA) is 61.3 Å². The number of carbonyl (C=O) groups excluding carboxylic acids is 1. The lowest BCUT2D eigenvalue weighted by Gasteiger charge is -2.15. The minimum atomic E-state index is -0.251. The van der Waals surface area contributed by atoms with Gasteiger partial charge in [-0.1, -0.05) is 18.7 Å². The van der Waals surface area contributed by atoms with E-state index in [0.717, 1.165) is 28.1 Å². The van der Waals surface area contributed by atoms with E-state index in [4.69, 9.17) is 9.47 Å². The van der Waals surface area contributed by atoms with Crippen molar-refractivity contribution in [3.8, 4) is 0 Å². The largest absolute Gasteiger partial charge is 0.462 e. The number of fused-ring (bicyclic) bond motifs is 3. The fourth-order valence-corrected chi connectivity index (χ4v) is 5.36. The van der Waals surface area contributed by atoms with Crippen LogP contribution in [0.4, 0.5) is 0 Å². The van der Waals surface area contributed by atoms with Gasteiger partial charge in [0, 0.05) is 16.9 Å². The van der Waals surface area contributed by atoms with Gasteiger partial charge in [0.1, 0.15) is 28.0 Å². The van der Waals surface area contributed by atoms with Crippen LogP contribution >= 0.6 is 23.1 Å². The lowest BCUT2D eigenvalue weighted by molar-refractivity contribution is -0.144. The Morgan fingerprint density at radius 2 is 2.12 bits per heavy atom. The van der Waals surface area contributed by atoms with E-state index in [9.17, 15) is 4.79 Å². The van der Waals surface area contributed by atoms with Crippen LogP contribution in [0.5, 0.6) is 0 Å². The minimum Gasteiger partial charge on any atom is -0.462 e. The van der Waals surface area contributed by atoms with Crippen LogP contribution in [0, 0.1) is 0 Å². The molecule has 1 atom stereocenters. The predicted octanol–water partition coefficient (Wildman–Crippen LogP) is 4.02. The third kappa shape index (κ3) is 4.33. The first-order chi connectivity index (χ1) is 12.2. The average Bonchev–Trinajstić information content (AvgIpc) is 3.02. The summed E-state index contributed by atoms with van der Waals surface area (Å²) >= 11 is 3.29. The monoisotopic (exact) mass is 380 g/mol. The molecule has 0 aliphatic heterocycles. The lowest BCUT2D eigenvalue weighted by Crippen LogP contribution is -2.21. The molecule has 0 N–H and O–H groups in total. The molecule has 0 saturated heterocycles. The van der Waals surface area contributed by atoms with Crippen LogP contribution in [0.25, 0.3) is 10.2 Å². The van der Waals surface area contributed by atoms with E-state index in [1.54, 1.807) is 17.7 Å². The molecule has 0 saturated carbocycles. The Kier molecular flexibility index (Phi) is 6.67. The van der Waals surface area contributed by atoms with Gasteiger partial charge in [-0.25, -0.2) is 9.97 Å². The van der Waals surface area contributed by atoms with Gasteiger partial charge in [0.05, 0.1) is 6.61 Å². The van der Waals surface area contributed by atoms with Gasteiger partial charge in [0.25, 0.3) is 0 Å². The predicted molar refractivity (Wildman–Crippen MR) is 101 cm³/mol. The molecule has 0 spiro atoms. The fourth-order valence-electron chi connectivity index (χ4n) is 3.02. The molecular weight excluding hydrogens is 356 g/mol. The maximum Gasteiger partial charge on any atom is 0.319 e. The summed E-state index contributed by atoms with van der Waals surface area (Å²) in [6, 6.07) is 0. The SMILES string of the molecule is CCOCCOC(=O)[C@H](CC)Sc1ncnc2sc3c(c12)CCCC3. The molecule has 3 rings (SSSR count). The summed E-state index contributed by atoms with van der Waals surface area (Å²) in [5, 5.41) is 1.82. The average molecular weight is 381 g/mol. The summed E-state index contributed by atoms with van der Waals surface area (Å²) in [7, 11) is 0. The zero-order chi connectivity index (χ0) is 17.6. The highest BCUT2D eigenvalue weighted by Gasteiger charge is 2.25. The molecule has 0 aromatic carbocycles. The van der Waals surface area contributed by atoms with Crippen molar-refractivity contribution in [2.24, 2.45) is 0 Å². The molecule has 1 aliphatic rings. The molecule has 136 valence electrons. The van der Waals surface area contributed by atoms with Gasteiger partial charge in [-0.15, -0.1) is 11.3 Å². The van der Waals surface area contributed by atoms with Crippen molar-refractivity contribution in [1.29, 1.82) is 0 Å². The Balaban J connectivity index is 1.76. The van der Waals surface area contributed by atoms with Crippen molar-refractivity contribution >= 4 is 39.3 Å². The number of carbonyl (C=O) groups is 1. The molecule has 5 nitrogen and oxygen atoms in total. The van der Waals surface area contributed by atoms with Gasteiger partial charge in [0.2, 0.25) is 0 Å². The standard InChI is InChI=1S/C18H24N2O3S2/c1-3-13(18(21)23-10-9-22-4-2)24-16-15-12-7-5-6-8-14(12)25-17(15)20-11-19-16/h11,13H,3-10H2,1-2H3/t13-/m0/s1. The minimum absolute atomic E-state index is 0.192. The first kappa shape index (κ1) is 18.6. The molecule has 0 amide bonds. The molecule has 1 aliphatic carbocycles. The van der Waals surface area contributed by atoms with Crippen LogP contribution in [0.1, 0.15) is 43.6 Å². The third-order valence-corrected chi connectivity index (χ3v) is 6.82. The van der Waals surface area contributed by atoms with Crippen molar-refractivity contribution in [3.05, 3.63) is 16.8 Å². The van der Waals surface area contributed by atoms with Gasteiger partial charge in [-0.3, -0.25) is 4.79 Å². The Labute approximate surface area is 156 Å². The van der Waals surface area contributed by atoms with Crippen LogP contribution in [0.2, 0.25) is 0 Å². The third-order valence-electron chi connectivity index (χ3n) is 4.28. The number of aromatic nitrogens is 2. The lowest BCUT2D eigenvalue weighted by atomic mass is 9.97. The second-order valence-corrected chi connectivity index (χ2v) is 8.22. The van der Waals surface area contributed by atoms with E-state index >= 15 is 0 Å². The van der Waals surface area contributed by atoms with Crippen molar-refractivity contribution in [3.63, 3.8) is 0 Å². The first-order valence-corrected chi connectivity index (χ1v) is 10.6. The molecule has 7 heteroatoms. The van der Waals surface area contributed by atoms with Crippen molar-refractivity contribution < 1.29 is 14.3 Å². The summed E-state index contributed by atoms with van der Waals surface area (Å²) in [5.74, 6) is -0.192. The van der Waals surface area contributed by atoms with Crippen LogP contribution in [0.15, 0.2) is 11.4 Å². The maximum absolute atomic E-state index is 12.4. The second-order valence-electron chi connectivity index (χ2n) is 5.95. The number of thiophene rings is 1. The van der Waals surface area contributed by atoms with Crippen LogP contribution < -0.4 is 0 Å². The molecular formula is C18H24N2O3S2. The summed E-state index contributed by atoms with van der Waals surface area (Å²) in [4.78, 5) is 23.8. The summed E-state index contributed by atoms with van der Waals surface area (Å²) in [5.41, 5.74) is 1.40. The number of esters is 1. The second kappa shape index (κ2) is 8.96. The molecule has 2 aromatic rings. The van der Waals surface area contributed by atoms with Crippen molar-refractivity contribution in [1.82, 2.24) is 9.97 Å². The Morgan fingerprint density at radius 3 is 2.92 bits per heavy atom. The fraction of sp³-hybridized carbons (Fsp3) is 0.611. The van der Waals surface area contributed by atoms with Gasteiger partial charge in [-0.2, -0.15) is 0 Å². The molecule has 25 heavy (non-hydrogen) atoms. The molecule has 2 heterocycles. The number of hydrogen-bond acceptors (Lipinski definition) is 7. The van der Waals surface area contributed by atoms with Crippen molar-refractivity contribution in [2.45, 2.75) is 56.2 Å². The first-order valence-electron chi connectivity index (χ1n) is 8.90. The highest BCUT2D eigenvalue weighted by atomic mass is 32.2. The molecule has 0 bridgehead atoms. The van der Waals surface area contributed by atoms with Gasteiger partial charge in [0.15, 0.2) is 0 Å². The quantitative estimate of drug-likeness (QED) is 0.298. The Morgan fingerprint density at radius 1 is 1.28 bits per heavy atom. The van der Waals surface area contributed by atoms with E-state index in [2.05, 4.69) is 9.97 Å². The highest BCUT2D eigenvalue weighted by Crippen LogP contribution is 2.40. The van der Waals surface area contributed by atoms with Gasteiger partial charge in [-0.05, 0) is 44.6 Å². The number of aryl methyl sites for hydroxylation is 2. The van der Waals surface area contributed by atoms with Crippen LogP contribution in [-0.4, -0.2) is 41.0 Å². The summed E-state index contributed by atoms with van der Waals surface area (Å²) < 4.78 is 10.6. The van der Waals surface area contributed by atoms with E-state index in [-0.39, 0.29) is 11.2 Å². The normalized spacial score (nSPS) is 15.1. The van der Waals surface area contributed by atoms with E-state index in [1.807, 2.05) is 13.8 Å². The Bertz CT molecular complexity index is 732. The van der Waals surface area contributed by atoms with E-state index < -0.39 is 0 Å². The van der Waals surface area contributed by atoms with E-state index in [1.165, 1.54) is 35.0 Å². The smallest absolute Gasteiger partial charge is 0.319 e. The number of rotatable bonds is 8. The number of ether oxygens (including phenoxy) is 2. The summed E-state index contributed by atoms with van der Waals surface area (Å²) in [6.07, 6.45) is 7.01. The molecule has 2 aromatic heterocycles. The van der Waals surface area contributed by atoms with Crippen LogP contribution in [-0.2, 0) is 27.1 Å². The summed E-state index contributed by atoms with van der Waals surface area (Å²) in [6.45, 7) is 5.30. The molecule has 0 fully saturated rings.